The Morgan fingerprint density at radius 3 is 2.00 bits per heavy atom. The van der Waals surface area contributed by atoms with Crippen LogP contribution < -0.4 is 14.8 Å². The molecule has 0 aliphatic carbocycles. The Bertz CT molecular complexity index is 947. The van der Waals surface area contributed by atoms with Crippen LogP contribution in [0.4, 0.5) is 0 Å². The van der Waals surface area contributed by atoms with Crippen LogP contribution in [0, 0.1) is 0 Å². The van der Waals surface area contributed by atoms with Gasteiger partial charge in [-0.05, 0) is 29.7 Å². The van der Waals surface area contributed by atoms with E-state index in [9.17, 15) is 9.90 Å². The van der Waals surface area contributed by atoms with Crippen molar-refractivity contribution in [2.24, 2.45) is 0 Å². The molecule has 0 fully saturated rings. The Balaban J connectivity index is 1.84. The fourth-order valence-corrected chi connectivity index (χ4v) is 3.05. The second-order valence-corrected chi connectivity index (χ2v) is 7.05. The van der Waals surface area contributed by atoms with E-state index >= 15 is 0 Å². The monoisotopic (exact) mass is 421 g/mol. The first-order valence-corrected chi connectivity index (χ1v) is 10.2. The van der Waals surface area contributed by atoms with Crippen molar-refractivity contribution in [1.29, 1.82) is 0 Å². The highest BCUT2D eigenvalue weighted by Gasteiger charge is 2.20. The van der Waals surface area contributed by atoms with Crippen molar-refractivity contribution < 1.29 is 24.5 Å². The molecule has 0 spiro atoms. The number of rotatable bonds is 11. The number of hydrogen-bond donors (Lipinski definition) is 3. The second-order valence-electron chi connectivity index (χ2n) is 7.05. The molecule has 6 heteroatoms. The first kappa shape index (κ1) is 22.3. The second kappa shape index (κ2) is 11.7. The number of hydrogen-bond acceptors (Lipinski definition) is 5. The number of para-hydroxylation sites is 1. The van der Waals surface area contributed by atoms with E-state index in [4.69, 9.17) is 14.6 Å². The molecule has 0 saturated carbocycles. The third-order valence-corrected chi connectivity index (χ3v) is 4.72. The van der Waals surface area contributed by atoms with Crippen molar-refractivity contribution in [3.8, 4) is 11.5 Å². The molecule has 3 N–H and O–H groups in total. The van der Waals surface area contributed by atoms with E-state index < -0.39 is 11.9 Å². The molecule has 3 aromatic carbocycles. The van der Waals surface area contributed by atoms with Gasteiger partial charge in [-0.1, -0.05) is 66.7 Å². The Morgan fingerprint density at radius 1 is 0.806 bits per heavy atom. The predicted molar refractivity (Wildman–Crippen MR) is 118 cm³/mol. The number of aliphatic hydroxyl groups excluding tert-OH is 2. The molecule has 0 heterocycles. The zero-order valence-corrected chi connectivity index (χ0v) is 17.2. The van der Waals surface area contributed by atoms with Gasteiger partial charge in [-0.3, -0.25) is 4.79 Å². The average molecular weight is 421 g/mol. The Morgan fingerprint density at radius 2 is 1.42 bits per heavy atom. The van der Waals surface area contributed by atoms with Crippen LogP contribution in [0.3, 0.4) is 0 Å². The van der Waals surface area contributed by atoms with Crippen molar-refractivity contribution in [2.45, 2.75) is 25.7 Å². The minimum atomic E-state index is -0.548. The van der Waals surface area contributed by atoms with Gasteiger partial charge in [-0.25, -0.2) is 0 Å². The van der Waals surface area contributed by atoms with Gasteiger partial charge in [0.25, 0.3) is 5.91 Å². The van der Waals surface area contributed by atoms with E-state index in [0.717, 1.165) is 11.1 Å². The van der Waals surface area contributed by atoms with Crippen molar-refractivity contribution in [3.05, 3.63) is 95.6 Å². The van der Waals surface area contributed by atoms with Crippen molar-refractivity contribution in [3.63, 3.8) is 0 Å². The number of ether oxygens (including phenoxy) is 2. The van der Waals surface area contributed by atoms with Gasteiger partial charge >= 0.3 is 0 Å². The number of aliphatic hydroxyl groups is 2. The lowest BCUT2D eigenvalue weighted by molar-refractivity contribution is 0.0899. The van der Waals surface area contributed by atoms with Gasteiger partial charge in [-0.15, -0.1) is 0 Å². The van der Waals surface area contributed by atoms with Gasteiger partial charge in [0.05, 0.1) is 18.2 Å². The largest absolute Gasteiger partial charge is 0.485 e. The van der Waals surface area contributed by atoms with E-state index in [1.54, 1.807) is 18.2 Å². The lowest BCUT2D eigenvalue weighted by Gasteiger charge is -2.19. The summed E-state index contributed by atoms with van der Waals surface area (Å²) in [5, 5.41) is 21.3. The summed E-state index contributed by atoms with van der Waals surface area (Å²) in [6.45, 7) is 0.198. The van der Waals surface area contributed by atoms with Crippen LogP contribution in [0.1, 0.15) is 27.9 Å². The third kappa shape index (κ3) is 6.57. The lowest BCUT2D eigenvalue weighted by atomic mass is 10.1. The summed E-state index contributed by atoms with van der Waals surface area (Å²) < 4.78 is 12.0. The van der Waals surface area contributed by atoms with E-state index in [-0.39, 0.29) is 26.2 Å². The maximum Gasteiger partial charge on any atom is 0.255 e. The highest BCUT2D eigenvalue weighted by molar-refractivity contribution is 5.98. The Hall–Kier alpha value is -3.35. The van der Waals surface area contributed by atoms with E-state index in [2.05, 4.69) is 5.32 Å². The Labute approximate surface area is 182 Å². The van der Waals surface area contributed by atoms with Crippen LogP contribution in [-0.2, 0) is 13.2 Å². The summed E-state index contributed by atoms with van der Waals surface area (Å²) in [7, 11) is 0. The molecular weight excluding hydrogens is 394 g/mol. The maximum atomic E-state index is 12.9. The highest BCUT2D eigenvalue weighted by Crippen LogP contribution is 2.33. The molecule has 3 rings (SSSR count). The number of carbonyl (C=O) groups is 1. The molecule has 1 atom stereocenters. The SMILES string of the molecule is O=C(N[C@@H](CO)CCO)c1cccc(OCc2ccccc2)c1OCc1ccccc1. The standard InChI is InChI=1S/C25H27NO5/c27-15-14-21(16-28)26-25(29)22-12-7-13-23(30-17-19-8-3-1-4-9-19)24(22)31-18-20-10-5-2-6-11-20/h1-13,21,27-28H,14-18H2,(H,26,29)/t21-/m1/s1. The molecule has 0 radical (unpaired) electrons. The summed E-state index contributed by atoms with van der Waals surface area (Å²) in [4.78, 5) is 12.9. The molecule has 31 heavy (non-hydrogen) atoms. The van der Waals surface area contributed by atoms with Gasteiger partial charge in [0, 0.05) is 6.61 Å². The lowest BCUT2D eigenvalue weighted by Crippen LogP contribution is -2.38. The molecule has 0 unspecified atom stereocenters. The van der Waals surface area contributed by atoms with Crippen LogP contribution in [0.5, 0.6) is 11.5 Å². The van der Waals surface area contributed by atoms with Crippen molar-refractivity contribution >= 4 is 5.91 Å². The fourth-order valence-electron chi connectivity index (χ4n) is 3.05. The van der Waals surface area contributed by atoms with Gasteiger partial charge in [0.15, 0.2) is 11.5 Å². The zero-order chi connectivity index (χ0) is 21.9. The van der Waals surface area contributed by atoms with E-state index in [1.165, 1.54) is 0 Å². The summed E-state index contributed by atoms with van der Waals surface area (Å²) in [5.41, 5.74) is 2.26. The summed E-state index contributed by atoms with van der Waals surface area (Å²) >= 11 is 0. The van der Waals surface area contributed by atoms with Crippen molar-refractivity contribution in [2.75, 3.05) is 13.2 Å². The summed E-state index contributed by atoms with van der Waals surface area (Å²) in [6, 6.07) is 24.0. The molecular formula is C25H27NO5. The molecule has 0 saturated heterocycles. The highest BCUT2D eigenvalue weighted by atomic mass is 16.5. The topological polar surface area (TPSA) is 88.0 Å². The van der Waals surface area contributed by atoms with Crippen LogP contribution in [0.25, 0.3) is 0 Å². The quantitative estimate of drug-likeness (QED) is 0.442. The van der Waals surface area contributed by atoms with Crippen molar-refractivity contribution in [1.82, 2.24) is 5.32 Å². The number of carbonyl (C=O) groups excluding carboxylic acids is 1. The minimum Gasteiger partial charge on any atom is -0.485 e. The third-order valence-electron chi connectivity index (χ3n) is 4.72. The normalized spacial score (nSPS) is 11.5. The smallest absolute Gasteiger partial charge is 0.255 e. The van der Waals surface area contributed by atoms with Gasteiger partial charge in [-0.2, -0.15) is 0 Å². The molecule has 0 aliphatic rings. The first-order valence-electron chi connectivity index (χ1n) is 10.2. The maximum absolute atomic E-state index is 12.9. The van der Waals surface area contributed by atoms with Crippen LogP contribution in [0.2, 0.25) is 0 Å². The van der Waals surface area contributed by atoms with E-state index in [1.807, 2.05) is 60.7 Å². The molecule has 1 amide bonds. The number of benzene rings is 3. The van der Waals surface area contributed by atoms with Gasteiger partial charge < -0.3 is 25.0 Å². The van der Waals surface area contributed by atoms with E-state index in [0.29, 0.717) is 23.7 Å². The van der Waals surface area contributed by atoms with Gasteiger partial charge in [0.2, 0.25) is 0 Å². The zero-order valence-electron chi connectivity index (χ0n) is 17.2. The average Bonchev–Trinajstić information content (AvgIpc) is 2.82. The molecule has 0 aromatic heterocycles. The molecule has 3 aromatic rings. The molecule has 0 aliphatic heterocycles. The minimum absolute atomic E-state index is 0.136. The van der Waals surface area contributed by atoms with Crippen LogP contribution in [0.15, 0.2) is 78.9 Å². The first-order chi connectivity index (χ1) is 15.2. The van der Waals surface area contributed by atoms with Crippen LogP contribution in [-0.4, -0.2) is 35.4 Å². The number of amides is 1. The fraction of sp³-hybridized carbons (Fsp3) is 0.240. The number of nitrogens with one attached hydrogen (secondary N) is 1. The summed E-state index contributed by atoms with van der Waals surface area (Å²) in [6.07, 6.45) is 0.257. The molecule has 6 nitrogen and oxygen atoms in total. The molecule has 0 bridgehead atoms. The van der Waals surface area contributed by atoms with Crippen LogP contribution >= 0.6 is 0 Å². The Kier molecular flexibility index (Phi) is 8.46. The molecule has 162 valence electrons. The van der Waals surface area contributed by atoms with Gasteiger partial charge in [0.1, 0.15) is 13.2 Å². The summed E-state index contributed by atoms with van der Waals surface area (Å²) in [5.74, 6) is 0.385. The predicted octanol–water partition coefficient (Wildman–Crippen LogP) is 3.32.